The fourth-order valence-electron chi connectivity index (χ4n) is 1.56. The molecular formula is C11H13FN6O. The number of amides is 1. The summed E-state index contributed by atoms with van der Waals surface area (Å²) in [4.78, 5) is 15.5. The highest BCUT2D eigenvalue weighted by Gasteiger charge is 2.15. The van der Waals surface area contributed by atoms with Gasteiger partial charge < -0.3 is 10.7 Å². The SMILES string of the molecule is Cn1cc(CNC(=O)c2ccnc(NN)c2F)cn1. The molecule has 0 aliphatic carbocycles. The summed E-state index contributed by atoms with van der Waals surface area (Å²) in [5, 5.41) is 6.56. The lowest BCUT2D eigenvalue weighted by Crippen LogP contribution is -2.24. The molecule has 0 aliphatic heterocycles. The number of nitrogens with one attached hydrogen (secondary N) is 2. The molecule has 2 aromatic rings. The van der Waals surface area contributed by atoms with Gasteiger partial charge in [0, 0.05) is 31.5 Å². The van der Waals surface area contributed by atoms with E-state index >= 15 is 0 Å². The Hall–Kier alpha value is -2.48. The van der Waals surface area contributed by atoms with Crippen molar-refractivity contribution in [2.75, 3.05) is 5.43 Å². The van der Waals surface area contributed by atoms with Crippen molar-refractivity contribution in [3.63, 3.8) is 0 Å². The third kappa shape index (κ3) is 2.86. The number of halogens is 1. The van der Waals surface area contributed by atoms with Crippen molar-refractivity contribution in [1.82, 2.24) is 20.1 Å². The van der Waals surface area contributed by atoms with Crippen LogP contribution in [0, 0.1) is 5.82 Å². The van der Waals surface area contributed by atoms with Crippen molar-refractivity contribution in [3.8, 4) is 0 Å². The minimum atomic E-state index is -0.784. The summed E-state index contributed by atoms with van der Waals surface area (Å²) in [6, 6.07) is 1.29. The van der Waals surface area contributed by atoms with Gasteiger partial charge in [-0.2, -0.15) is 5.10 Å². The van der Waals surface area contributed by atoms with Crippen molar-refractivity contribution in [2.24, 2.45) is 12.9 Å². The monoisotopic (exact) mass is 264 g/mol. The number of aromatic nitrogens is 3. The zero-order valence-corrected chi connectivity index (χ0v) is 10.2. The number of anilines is 1. The molecule has 0 aliphatic rings. The van der Waals surface area contributed by atoms with Gasteiger partial charge in [-0.05, 0) is 6.07 Å². The maximum absolute atomic E-state index is 13.8. The highest BCUT2D eigenvalue weighted by atomic mass is 19.1. The maximum Gasteiger partial charge on any atom is 0.254 e. The summed E-state index contributed by atoms with van der Waals surface area (Å²) < 4.78 is 15.4. The van der Waals surface area contributed by atoms with Crippen LogP contribution in [0.15, 0.2) is 24.7 Å². The topological polar surface area (TPSA) is 97.9 Å². The zero-order chi connectivity index (χ0) is 13.8. The Morgan fingerprint density at radius 2 is 2.37 bits per heavy atom. The van der Waals surface area contributed by atoms with Crippen molar-refractivity contribution in [3.05, 3.63) is 41.6 Å². The Kier molecular flexibility index (Phi) is 3.71. The van der Waals surface area contributed by atoms with Crippen molar-refractivity contribution in [2.45, 2.75) is 6.54 Å². The van der Waals surface area contributed by atoms with Crippen LogP contribution in [0.1, 0.15) is 15.9 Å². The molecule has 0 atom stereocenters. The minimum absolute atomic E-state index is 0.119. The van der Waals surface area contributed by atoms with Gasteiger partial charge in [0.15, 0.2) is 11.6 Å². The third-order valence-corrected chi connectivity index (χ3v) is 2.48. The van der Waals surface area contributed by atoms with Gasteiger partial charge in [-0.25, -0.2) is 15.2 Å². The first-order chi connectivity index (χ1) is 9.11. The average molecular weight is 264 g/mol. The molecule has 0 spiro atoms. The summed E-state index contributed by atoms with van der Waals surface area (Å²) in [6.07, 6.45) is 4.68. The molecule has 100 valence electrons. The number of nitrogen functional groups attached to an aromatic ring is 1. The van der Waals surface area contributed by atoms with Crippen molar-refractivity contribution < 1.29 is 9.18 Å². The Morgan fingerprint density at radius 3 is 3.00 bits per heavy atom. The van der Waals surface area contributed by atoms with E-state index in [2.05, 4.69) is 20.8 Å². The van der Waals surface area contributed by atoms with Crippen LogP contribution in [0.4, 0.5) is 10.2 Å². The van der Waals surface area contributed by atoms with E-state index < -0.39 is 11.7 Å². The van der Waals surface area contributed by atoms with Gasteiger partial charge in [0.2, 0.25) is 0 Å². The van der Waals surface area contributed by atoms with E-state index in [1.54, 1.807) is 24.1 Å². The second kappa shape index (κ2) is 5.44. The summed E-state index contributed by atoms with van der Waals surface area (Å²) >= 11 is 0. The average Bonchev–Trinajstić information content (AvgIpc) is 2.82. The molecular weight excluding hydrogens is 251 g/mol. The van der Waals surface area contributed by atoms with E-state index in [0.29, 0.717) is 0 Å². The van der Waals surface area contributed by atoms with Crippen LogP contribution >= 0.6 is 0 Å². The van der Waals surface area contributed by atoms with E-state index in [1.807, 2.05) is 0 Å². The van der Waals surface area contributed by atoms with Crippen molar-refractivity contribution in [1.29, 1.82) is 0 Å². The number of hydrogen-bond donors (Lipinski definition) is 3. The van der Waals surface area contributed by atoms with E-state index in [1.165, 1.54) is 12.3 Å². The number of rotatable bonds is 4. The number of pyridine rings is 1. The van der Waals surface area contributed by atoms with E-state index in [4.69, 9.17) is 5.84 Å². The molecule has 0 radical (unpaired) electrons. The second-order valence-electron chi connectivity index (χ2n) is 3.87. The molecule has 7 nitrogen and oxygen atoms in total. The Balaban J connectivity index is 2.08. The van der Waals surface area contributed by atoms with Crippen LogP contribution in [-0.2, 0) is 13.6 Å². The third-order valence-electron chi connectivity index (χ3n) is 2.48. The Labute approximate surface area is 108 Å². The highest BCUT2D eigenvalue weighted by Crippen LogP contribution is 2.13. The summed E-state index contributed by atoms with van der Waals surface area (Å²) in [7, 11) is 1.77. The molecule has 2 heterocycles. The summed E-state index contributed by atoms with van der Waals surface area (Å²) in [6.45, 7) is 0.264. The predicted octanol–water partition coefficient (Wildman–Crippen LogP) is 0.170. The number of nitrogens with two attached hydrogens (primary N) is 1. The van der Waals surface area contributed by atoms with Gasteiger partial charge in [0.05, 0.1) is 11.8 Å². The van der Waals surface area contributed by atoms with Gasteiger partial charge in [-0.15, -0.1) is 0 Å². The number of hydrazine groups is 1. The second-order valence-corrected chi connectivity index (χ2v) is 3.87. The lowest BCUT2D eigenvalue weighted by Gasteiger charge is -2.07. The minimum Gasteiger partial charge on any atom is -0.348 e. The van der Waals surface area contributed by atoms with E-state index in [0.717, 1.165) is 5.56 Å². The first kappa shape index (κ1) is 13.0. The molecule has 19 heavy (non-hydrogen) atoms. The largest absolute Gasteiger partial charge is 0.348 e. The van der Waals surface area contributed by atoms with Crippen LogP contribution in [0.5, 0.6) is 0 Å². The molecule has 2 rings (SSSR count). The smallest absolute Gasteiger partial charge is 0.254 e. The summed E-state index contributed by atoms with van der Waals surface area (Å²) in [5.74, 6) is 3.59. The molecule has 0 unspecified atom stereocenters. The van der Waals surface area contributed by atoms with Crippen LogP contribution in [0.2, 0.25) is 0 Å². The van der Waals surface area contributed by atoms with Gasteiger partial charge in [0.25, 0.3) is 5.91 Å². The Morgan fingerprint density at radius 1 is 1.58 bits per heavy atom. The fraction of sp³-hybridized carbons (Fsp3) is 0.182. The van der Waals surface area contributed by atoms with Crippen molar-refractivity contribution >= 4 is 11.7 Å². The van der Waals surface area contributed by atoms with E-state index in [9.17, 15) is 9.18 Å². The van der Waals surface area contributed by atoms with Gasteiger partial charge in [-0.3, -0.25) is 9.48 Å². The first-order valence-corrected chi connectivity index (χ1v) is 5.48. The Bertz CT molecular complexity index is 597. The highest BCUT2D eigenvalue weighted by molar-refractivity contribution is 5.95. The normalized spacial score (nSPS) is 10.3. The lowest BCUT2D eigenvalue weighted by atomic mass is 10.2. The summed E-state index contributed by atoms with van der Waals surface area (Å²) in [5.41, 5.74) is 2.79. The van der Waals surface area contributed by atoms with Crippen LogP contribution in [0.25, 0.3) is 0 Å². The van der Waals surface area contributed by atoms with Crippen LogP contribution in [-0.4, -0.2) is 20.7 Å². The molecule has 4 N–H and O–H groups in total. The lowest BCUT2D eigenvalue weighted by molar-refractivity contribution is 0.0947. The first-order valence-electron chi connectivity index (χ1n) is 5.48. The number of aryl methyl sites for hydroxylation is 1. The van der Waals surface area contributed by atoms with E-state index in [-0.39, 0.29) is 17.9 Å². The van der Waals surface area contributed by atoms with Crippen LogP contribution in [0.3, 0.4) is 0 Å². The standard InChI is InChI=1S/C11H13FN6O/c1-18-6-7(5-16-18)4-15-11(19)8-2-3-14-10(17-13)9(8)12/h2-3,5-6H,4,13H2,1H3,(H,14,17)(H,15,19). The molecule has 2 aromatic heterocycles. The fourth-order valence-corrected chi connectivity index (χ4v) is 1.56. The van der Waals surface area contributed by atoms with Gasteiger partial charge in [0.1, 0.15) is 0 Å². The molecule has 0 saturated heterocycles. The van der Waals surface area contributed by atoms with Gasteiger partial charge >= 0.3 is 0 Å². The number of nitrogens with zero attached hydrogens (tertiary/aromatic N) is 3. The number of hydrogen-bond acceptors (Lipinski definition) is 5. The molecule has 0 bridgehead atoms. The molecule has 1 amide bonds. The van der Waals surface area contributed by atoms with Gasteiger partial charge in [-0.1, -0.05) is 0 Å². The number of carbonyl (C=O) groups is 1. The predicted molar refractivity (Wildman–Crippen MR) is 66.4 cm³/mol. The molecule has 8 heteroatoms. The molecule has 0 fully saturated rings. The molecule has 0 aromatic carbocycles. The number of carbonyl (C=O) groups excluding carboxylic acids is 1. The molecule has 0 saturated carbocycles. The zero-order valence-electron chi connectivity index (χ0n) is 10.2. The van der Waals surface area contributed by atoms with Crippen LogP contribution < -0.4 is 16.6 Å². The maximum atomic E-state index is 13.8. The quantitative estimate of drug-likeness (QED) is 0.540.